The minimum Gasteiger partial charge on any atom is -0.495 e. The van der Waals surface area contributed by atoms with Crippen molar-refractivity contribution in [2.24, 2.45) is 0 Å². The molecular weight excluding hydrogens is 344 g/mol. The third-order valence-corrected chi connectivity index (χ3v) is 4.00. The second-order valence-corrected chi connectivity index (χ2v) is 6.13. The van der Waals surface area contributed by atoms with E-state index in [1.807, 2.05) is 19.1 Å². The first-order valence-corrected chi connectivity index (χ1v) is 8.05. The largest absolute Gasteiger partial charge is 0.495 e. The Labute approximate surface area is 150 Å². The molecule has 1 aliphatic heterocycles. The van der Waals surface area contributed by atoms with E-state index < -0.39 is 6.10 Å². The van der Waals surface area contributed by atoms with Crippen molar-refractivity contribution in [3.05, 3.63) is 47.0 Å². The molecule has 0 fully saturated rings. The van der Waals surface area contributed by atoms with Crippen molar-refractivity contribution in [1.29, 1.82) is 0 Å². The minimum atomic E-state index is -0.902. The van der Waals surface area contributed by atoms with Crippen molar-refractivity contribution in [1.82, 2.24) is 0 Å². The molecular formula is C18H17ClN2O4. The molecule has 1 atom stereocenters. The van der Waals surface area contributed by atoms with Crippen LogP contribution in [-0.2, 0) is 9.59 Å². The number of halogens is 1. The summed E-state index contributed by atoms with van der Waals surface area (Å²) in [5.74, 6) is 0.290. The molecule has 1 heterocycles. The number of rotatable bonds is 4. The first kappa shape index (κ1) is 17.1. The Morgan fingerprint density at radius 1 is 1.32 bits per heavy atom. The summed E-state index contributed by atoms with van der Waals surface area (Å²) < 4.78 is 10.8. The SMILES string of the molecule is COc1ccc(Cl)cc1NC(=O)C[C@H]1Oc2ccc(C)cc2NC1=O. The molecule has 0 saturated carbocycles. The number of carbonyl (C=O) groups excluding carboxylic acids is 2. The van der Waals surface area contributed by atoms with E-state index in [2.05, 4.69) is 10.6 Å². The second-order valence-electron chi connectivity index (χ2n) is 5.69. The van der Waals surface area contributed by atoms with E-state index >= 15 is 0 Å². The van der Waals surface area contributed by atoms with Crippen LogP contribution in [-0.4, -0.2) is 25.0 Å². The lowest BCUT2D eigenvalue weighted by Crippen LogP contribution is -2.39. The Morgan fingerprint density at radius 2 is 2.12 bits per heavy atom. The highest BCUT2D eigenvalue weighted by molar-refractivity contribution is 6.31. The quantitative estimate of drug-likeness (QED) is 0.876. The average molecular weight is 361 g/mol. The molecule has 2 aromatic carbocycles. The minimum absolute atomic E-state index is 0.130. The number of carbonyl (C=O) groups is 2. The van der Waals surface area contributed by atoms with Crippen molar-refractivity contribution in [3.8, 4) is 11.5 Å². The average Bonchev–Trinajstić information content (AvgIpc) is 2.56. The smallest absolute Gasteiger partial charge is 0.266 e. The fourth-order valence-corrected chi connectivity index (χ4v) is 2.72. The van der Waals surface area contributed by atoms with Crippen LogP contribution in [0.4, 0.5) is 11.4 Å². The maximum Gasteiger partial charge on any atom is 0.266 e. The number of methoxy groups -OCH3 is 1. The number of benzene rings is 2. The Bertz CT molecular complexity index is 838. The van der Waals surface area contributed by atoms with Crippen molar-refractivity contribution in [2.45, 2.75) is 19.4 Å². The van der Waals surface area contributed by atoms with Crippen LogP contribution in [0.25, 0.3) is 0 Å². The molecule has 0 radical (unpaired) electrons. The lowest BCUT2D eigenvalue weighted by atomic mass is 10.1. The number of ether oxygens (including phenoxy) is 2. The van der Waals surface area contributed by atoms with Crippen LogP contribution in [0.15, 0.2) is 36.4 Å². The van der Waals surface area contributed by atoms with Gasteiger partial charge in [0.25, 0.3) is 5.91 Å². The number of anilines is 2. The number of aryl methyl sites for hydroxylation is 1. The maximum atomic E-state index is 12.3. The van der Waals surface area contributed by atoms with E-state index in [9.17, 15) is 9.59 Å². The van der Waals surface area contributed by atoms with Gasteiger partial charge in [0.15, 0.2) is 6.10 Å². The van der Waals surface area contributed by atoms with Gasteiger partial charge in [0.1, 0.15) is 11.5 Å². The Hall–Kier alpha value is -2.73. The van der Waals surface area contributed by atoms with E-state index in [4.69, 9.17) is 21.1 Å². The normalized spacial score (nSPS) is 15.6. The van der Waals surface area contributed by atoms with Gasteiger partial charge in [-0.05, 0) is 42.8 Å². The van der Waals surface area contributed by atoms with E-state index in [-0.39, 0.29) is 18.2 Å². The molecule has 0 saturated heterocycles. The van der Waals surface area contributed by atoms with Crippen LogP contribution in [0.3, 0.4) is 0 Å². The molecule has 7 heteroatoms. The van der Waals surface area contributed by atoms with E-state index in [1.165, 1.54) is 7.11 Å². The van der Waals surface area contributed by atoms with Crippen LogP contribution in [0.1, 0.15) is 12.0 Å². The summed E-state index contributed by atoms with van der Waals surface area (Å²) in [4.78, 5) is 24.5. The topological polar surface area (TPSA) is 76.7 Å². The molecule has 1 aliphatic rings. The predicted octanol–water partition coefficient (Wildman–Crippen LogP) is 3.39. The van der Waals surface area contributed by atoms with E-state index in [0.717, 1.165) is 5.56 Å². The zero-order valence-corrected chi connectivity index (χ0v) is 14.5. The third-order valence-electron chi connectivity index (χ3n) is 3.76. The zero-order valence-electron chi connectivity index (χ0n) is 13.8. The Morgan fingerprint density at radius 3 is 2.88 bits per heavy atom. The number of hydrogen-bond donors (Lipinski definition) is 2. The van der Waals surface area contributed by atoms with Crippen molar-refractivity contribution < 1.29 is 19.1 Å². The van der Waals surface area contributed by atoms with Gasteiger partial charge in [-0.2, -0.15) is 0 Å². The van der Waals surface area contributed by atoms with Crippen molar-refractivity contribution in [2.75, 3.05) is 17.7 Å². The molecule has 130 valence electrons. The summed E-state index contributed by atoms with van der Waals surface area (Å²) in [6.07, 6.45) is -1.03. The standard InChI is InChI=1S/C18H17ClN2O4/c1-10-3-5-15-12(7-10)21-18(23)16(25-15)9-17(22)20-13-8-11(19)4-6-14(13)24-2/h3-8,16H,9H2,1-2H3,(H,20,22)(H,21,23)/t16-/m1/s1. The molecule has 0 aliphatic carbocycles. The van der Waals surface area contributed by atoms with E-state index in [1.54, 1.807) is 24.3 Å². The first-order valence-electron chi connectivity index (χ1n) is 7.68. The summed E-state index contributed by atoms with van der Waals surface area (Å²) in [7, 11) is 1.50. The molecule has 3 rings (SSSR count). The van der Waals surface area contributed by atoms with Crippen LogP contribution in [0, 0.1) is 6.92 Å². The van der Waals surface area contributed by atoms with Crippen LogP contribution in [0.5, 0.6) is 11.5 Å². The molecule has 0 spiro atoms. The third kappa shape index (κ3) is 3.85. The second kappa shape index (κ2) is 7.03. The molecule has 25 heavy (non-hydrogen) atoms. The lowest BCUT2D eigenvalue weighted by Gasteiger charge is -2.25. The van der Waals surface area contributed by atoms with Gasteiger partial charge in [-0.25, -0.2) is 0 Å². The lowest BCUT2D eigenvalue weighted by molar-refractivity contribution is -0.128. The molecule has 6 nitrogen and oxygen atoms in total. The monoisotopic (exact) mass is 360 g/mol. The number of hydrogen-bond acceptors (Lipinski definition) is 4. The maximum absolute atomic E-state index is 12.3. The van der Waals surface area contributed by atoms with Crippen molar-refractivity contribution in [3.63, 3.8) is 0 Å². The van der Waals surface area contributed by atoms with Gasteiger partial charge >= 0.3 is 0 Å². The van der Waals surface area contributed by atoms with Crippen LogP contribution < -0.4 is 20.1 Å². The fraction of sp³-hybridized carbons (Fsp3) is 0.222. The summed E-state index contributed by atoms with van der Waals surface area (Å²) in [6.45, 7) is 1.92. The van der Waals surface area contributed by atoms with Gasteiger partial charge in [0.05, 0.1) is 24.9 Å². The predicted molar refractivity (Wildman–Crippen MR) is 95.5 cm³/mol. The highest BCUT2D eigenvalue weighted by Crippen LogP contribution is 2.32. The Kier molecular flexibility index (Phi) is 4.81. The molecule has 2 amide bonds. The molecule has 2 aromatic rings. The van der Waals surface area contributed by atoms with Crippen LogP contribution in [0.2, 0.25) is 5.02 Å². The zero-order chi connectivity index (χ0) is 18.0. The Balaban J connectivity index is 1.70. The van der Waals surface area contributed by atoms with Gasteiger partial charge in [0.2, 0.25) is 5.91 Å². The van der Waals surface area contributed by atoms with Crippen molar-refractivity contribution >= 4 is 34.8 Å². The number of fused-ring (bicyclic) bond motifs is 1. The molecule has 0 bridgehead atoms. The van der Waals surface area contributed by atoms with Gasteiger partial charge in [0, 0.05) is 5.02 Å². The van der Waals surface area contributed by atoms with Crippen LogP contribution >= 0.6 is 11.6 Å². The van der Waals surface area contributed by atoms with Gasteiger partial charge in [-0.3, -0.25) is 9.59 Å². The number of amides is 2. The summed E-state index contributed by atoms with van der Waals surface area (Å²) >= 11 is 5.95. The summed E-state index contributed by atoms with van der Waals surface area (Å²) in [6, 6.07) is 10.4. The highest BCUT2D eigenvalue weighted by Gasteiger charge is 2.30. The highest BCUT2D eigenvalue weighted by atomic mass is 35.5. The van der Waals surface area contributed by atoms with Gasteiger partial charge in [-0.1, -0.05) is 17.7 Å². The summed E-state index contributed by atoms with van der Waals surface area (Å²) in [5, 5.41) is 5.92. The molecule has 0 unspecified atom stereocenters. The molecule has 2 N–H and O–H groups in total. The fourth-order valence-electron chi connectivity index (χ4n) is 2.55. The summed E-state index contributed by atoms with van der Waals surface area (Å²) in [5.41, 5.74) is 2.05. The van der Waals surface area contributed by atoms with Gasteiger partial charge < -0.3 is 20.1 Å². The molecule has 0 aromatic heterocycles. The van der Waals surface area contributed by atoms with E-state index in [0.29, 0.717) is 27.9 Å². The number of nitrogens with one attached hydrogen (secondary N) is 2. The van der Waals surface area contributed by atoms with Gasteiger partial charge in [-0.15, -0.1) is 0 Å². The first-order chi connectivity index (χ1) is 12.0.